The van der Waals surface area contributed by atoms with Crippen molar-refractivity contribution in [3.8, 4) is 5.75 Å². The zero-order valence-electron chi connectivity index (χ0n) is 10.0. The first kappa shape index (κ1) is 12.9. The van der Waals surface area contributed by atoms with Crippen molar-refractivity contribution in [2.75, 3.05) is 27.7 Å². The van der Waals surface area contributed by atoms with Crippen LogP contribution >= 0.6 is 0 Å². The molecule has 0 aliphatic carbocycles. The van der Waals surface area contributed by atoms with Crippen LogP contribution in [0.25, 0.3) is 0 Å². The highest BCUT2D eigenvalue weighted by atomic mass is 19.1. The van der Waals surface area contributed by atoms with Crippen LogP contribution in [0.3, 0.4) is 0 Å². The minimum Gasteiger partial charge on any atom is -0.497 e. The van der Waals surface area contributed by atoms with Gasteiger partial charge in [-0.25, -0.2) is 4.39 Å². The third-order valence-electron chi connectivity index (χ3n) is 2.72. The lowest BCUT2D eigenvalue weighted by molar-refractivity contribution is 0.295. The predicted octanol–water partition coefficient (Wildman–Crippen LogP) is 1.27. The van der Waals surface area contributed by atoms with Crippen molar-refractivity contribution in [2.45, 2.75) is 12.5 Å². The van der Waals surface area contributed by atoms with Crippen molar-refractivity contribution in [1.29, 1.82) is 0 Å². The predicted molar refractivity (Wildman–Crippen MR) is 63.2 cm³/mol. The first-order valence-electron chi connectivity index (χ1n) is 5.27. The zero-order chi connectivity index (χ0) is 12.1. The summed E-state index contributed by atoms with van der Waals surface area (Å²) in [6, 6.07) is 5.07. The van der Waals surface area contributed by atoms with Crippen molar-refractivity contribution < 1.29 is 9.13 Å². The number of halogens is 1. The Bertz CT molecular complexity index is 342. The molecule has 16 heavy (non-hydrogen) atoms. The van der Waals surface area contributed by atoms with Crippen LogP contribution in [-0.4, -0.2) is 38.7 Å². The van der Waals surface area contributed by atoms with Gasteiger partial charge in [-0.2, -0.15) is 0 Å². The van der Waals surface area contributed by atoms with Crippen molar-refractivity contribution >= 4 is 0 Å². The van der Waals surface area contributed by atoms with Gasteiger partial charge in [0.1, 0.15) is 11.6 Å². The minimum atomic E-state index is -0.236. The Hall–Kier alpha value is -1.13. The summed E-state index contributed by atoms with van der Waals surface area (Å²) in [5, 5.41) is 0. The normalized spacial score (nSPS) is 12.9. The molecule has 1 aromatic carbocycles. The number of hydrogen-bond donors (Lipinski definition) is 1. The summed E-state index contributed by atoms with van der Waals surface area (Å²) in [6.07, 6.45) is 0.610. The fourth-order valence-corrected chi connectivity index (χ4v) is 1.55. The van der Waals surface area contributed by atoms with Gasteiger partial charge in [0.2, 0.25) is 0 Å². The van der Waals surface area contributed by atoms with Crippen molar-refractivity contribution in [3.05, 3.63) is 29.6 Å². The van der Waals surface area contributed by atoms with Crippen LogP contribution in [0.5, 0.6) is 5.75 Å². The molecule has 0 saturated carbocycles. The Balaban J connectivity index is 2.80. The van der Waals surface area contributed by atoms with Crippen LogP contribution in [0.4, 0.5) is 4.39 Å². The average Bonchev–Trinajstić information content (AvgIpc) is 2.26. The molecule has 0 bridgehead atoms. The Morgan fingerprint density at radius 2 is 2.12 bits per heavy atom. The molecule has 0 amide bonds. The molecule has 1 rings (SSSR count). The minimum absolute atomic E-state index is 0.155. The first-order chi connectivity index (χ1) is 7.58. The van der Waals surface area contributed by atoms with Gasteiger partial charge in [-0.3, -0.25) is 0 Å². The van der Waals surface area contributed by atoms with Crippen molar-refractivity contribution in [3.63, 3.8) is 0 Å². The van der Waals surface area contributed by atoms with Crippen LogP contribution < -0.4 is 10.5 Å². The molecule has 0 fully saturated rings. The number of rotatable bonds is 5. The molecule has 0 spiro atoms. The SMILES string of the molecule is COc1ccc(CC(CN)N(C)C)c(F)c1. The van der Waals surface area contributed by atoms with Gasteiger partial charge in [-0.1, -0.05) is 6.07 Å². The third kappa shape index (κ3) is 3.18. The maximum Gasteiger partial charge on any atom is 0.130 e. The van der Waals surface area contributed by atoms with Gasteiger partial charge in [0, 0.05) is 18.7 Å². The van der Waals surface area contributed by atoms with E-state index in [1.54, 1.807) is 12.1 Å². The average molecular weight is 226 g/mol. The van der Waals surface area contributed by atoms with E-state index in [2.05, 4.69) is 0 Å². The van der Waals surface area contributed by atoms with Gasteiger partial charge in [-0.05, 0) is 32.1 Å². The van der Waals surface area contributed by atoms with Crippen molar-refractivity contribution in [2.24, 2.45) is 5.73 Å². The summed E-state index contributed by atoms with van der Waals surface area (Å²) in [6.45, 7) is 0.512. The van der Waals surface area contributed by atoms with Gasteiger partial charge >= 0.3 is 0 Å². The molecule has 1 atom stereocenters. The summed E-state index contributed by atoms with van der Waals surface area (Å²) in [5.41, 5.74) is 6.31. The van der Waals surface area contributed by atoms with E-state index in [9.17, 15) is 4.39 Å². The van der Waals surface area contributed by atoms with E-state index in [0.717, 1.165) is 0 Å². The molecular weight excluding hydrogens is 207 g/mol. The highest BCUT2D eigenvalue weighted by molar-refractivity contribution is 5.29. The monoisotopic (exact) mass is 226 g/mol. The molecular formula is C12H19FN2O. The first-order valence-corrected chi connectivity index (χ1v) is 5.27. The molecule has 0 aliphatic heterocycles. The number of methoxy groups -OCH3 is 1. The van der Waals surface area contributed by atoms with E-state index in [0.29, 0.717) is 24.3 Å². The zero-order valence-corrected chi connectivity index (χ0v) is 10.0. The van der Waals surface area contributed by atoms with Crippen LogP contribution in [0.2, 0.25) is 0 Å². The molecule has 0 heterocycles. The maximum absolute atomic E-state index is 13.7. The molecule has 4 heteroatoms. The summed E-state index contributed by atoms with van der Waals surface area (Å²) in [5.74, 6) is 0.301. The molecule has 0 aliphatic rings. The molecule has 0 saturated heterocycles. The Morgan fingerprint density at radius 1 is 1.44 bits per heavy atom. The van der Waals surface area contributed by atoms with Crippen LogP contribution in [0.1, 0.15) is 5.56 Å². The molecule has 90 valence electrons. The smallest absolute Gasteiger partial charge is 0.130 e. The van der Waals surface area contributed by atoms with Gasteiger partial charge < -0.3 is 15.4 Å². The Labute approximate surface area is 96.0 Å². The lowest BCUT2D eigenvalue weighted by atomic mass is 10.0. The number of nitrogens with zero attached hydrogens (tertiary/aromatic N) is 1. The lowest BCUT2D eigenvalue weighted by Crippen LogP contribution is -2.37. The molecule has 0 aromatic heterocycles. The second-order valence-corrected chi connectivity index (χ2v) is 4.01. The summed E-state index contributed by atoms with van der Waals surface area (Å²) < 4.78 is 18.6. The quantitative estimate of drug-likeness (QED) is 0.821. The standard InChI is InChI=1S/C12H19FN2O/c1-15(2)10(8-14)6-9-4-5-11(16-3)7-12(9)13/h4-5,7,10H,6,8,14H2,1-3H3. The van der Waals surface area contributed by atoms with Gasteiger partial charge in [0.05, 0.1) is 7.11 Å². The number of ether oxygens (including phenoxy) is 1. The van der Waals surface area contributed by atoms with Crippen LogP contribution in [-0.2, 0) is 6.42 Å². The van der Waals surface area contributed by atoms with E-state index in [1.807, 2.05) is 19.0 Å². The van der Waals surface area contributed by atoms with E-state index in [-0.39, 0.29) is 11.9 Å². The summed E-state index contributed by atoms with van der Waals surface area (Å²) in [7, 11) is 5.41. The van der Waals surface area contributed by atoms with E-state index in [4.69, 9.17) is 10.5 Å². The summed E-state index contributed by atoms with van der Waals surface area (Å²) in [4.78, 5) is 2.00. The molecule has 2 N–H and O–H groups in total. The molecule has 1 unspecified atom stereocenters. The third-order valence-corrected chi connectivity index (χ3v) is 2.72. The second kappa shape index (κ2) is 5.82. The van der Waals surface area contributed by atoms with Gasteiger partial charge in [0.15, 0.2) is 0 Å². The Morgan fingerprint density at radius 3 is 2.56 bits per heavy atom. The highest BCUT2D eigenvalue weighted by Gasteiger charge is 2.13. The van der Waals surface area contributed by atoms with Gasteiger partial charge in [-0.15, -0.1) is 0 Å². The number of likely N-dealkylation sites (N-methyl/N-ethyl adjacent to an activating group) is 1. The van der Waals surface area contributed by atoms with E-state index >= 15 is 0 Å². The van der Waals surface area contributed by atoms with E-state index in [1.165, 1.54) is 13.2 Å². The Kier molecular flexibility index (Phi) is 4.71. The lowest BCUT2D eigenvalue weighted by Gasteiger charge is -2.22. The van der Waals surface area contributed by atoms with Crippen LogP contribution in [0.15, 0.2) is 18.2 Å². The fourth-order valence-electron chi connectivity index (χ4n) is 1.55. The number of hydrogen-bond acceptors (Lipinski definition) is 3. The van der Waals surface area contributed by atoms with Crippen molar-refractivity contribution in [1.82, 2.24) is 4.90 Å². The highest BCUT2D eigenvalue weighted by Crippen LogP contribution is 2.18. The number of nitrogens with two attached hydrogens (primary N) is 1. The fraction of sp³-hybridized carbons (Fsp3) is 0.500. The van der Waals surface area contributed by atoms with Gasteiger partial charge in [0.25, 0.3) is 0 Å². The second-order valence-electron chi connectivity index (χ2n) is 4.01. The summed E-state index contributed by atoms with van der Waals surface area (Å²) >= 11 is 0. The van der Waals surface area contributed by atoms with Crippen LogP contribution in [0, 0.1) is 5.82 Å². The number of benzene rings is 1. The molecule has 0 radical (unpaired) electrons. The molecule has 3 nitrogen and oxygen atoms in total. The largest absolute Gasteiger partial charge is 0.497 e. The molecule has 1 aromatic rings. The topological polar surface area (TPSA) is 38.5 Å². The maximum atomic E-state index is 13.7. The van der Waals surface area contributed by atoms with E-state index < -0.39 is 0 Å².